The van der Waals surface area contributed by atoms with Crippen molar-refractivity contribution in [2.75, 3.05) is 0 Å². The first-order chi connectivity index (χ1) is 9.75. The SMILES string of the molecule is CC(NC1CCCC1)(C(=O)O)c1ccccc1C(F)(F)F. The molecular formula is C15H18F3NO2. The number of carboxylic acid groups (broad SMARTS) is 1. The maximum Gasteiger partial charge on any atom is 0.416 e. The number of benzene rings is 1. The number of rotatable bonds is 4. The van der Waals surface area contributed by atoms with Crippen molar-refractivity contribution in [2.24, 2.45) is 0 Å². The Morgan fingerprint density at radius 2 is 1.71 bits per heavy atom. The number of alkyl halides is 3. The van der Waals surface area contributed by atoms with Crippen molar-refractivity contribution >= 4 is 5.97 Å². The molecule has 21 heavy (non-hydrogen) atoms. The Morgan fingerprint density at radius 3 is 2.19 bits per heavy atom. The van der Waals surface area contributed by atoms with Gasteiger partial charge >= 0.3 is 12.1 Å². The van der Waals surface area contributed by atoms with Crippen LogP contribution in [0.25, 0.3) is 0 Å². The fraction of sp³-hybridized carbons (Fsp3) is 0.533. The molecule has 0 heterocycles. The quantitative estimate of drug-likeness (QED) is 0.894. The first-order valence-corrected chi connectivity index (χ1v) is 6.93. The number of carboxylic acids is 1. The largest absolute Gasteiger partial charge is 0.480 e. The second-order valence-electron chi connectivity index (χ2n) is 5.60. The van der Waals surface area contributed by atoms with Crippen LogP contribution in [0.2, 0.25) is 0 Å². The number of hydrogen-bond donors (Lipinski definition) is 2. The molecule has 3 nitrogen and oxygen atoms in total. The maximum atomic E-state index is 13.1. The highest BCUT2D eigenvalue weighted by Gasteiger charge is 2.44. The van der Waals surface area contributed by atoms with Gasteiger partial charge in [0, 0.05) is 6.04 Å². The van der Waals surface area contributed by atoms with E-state index in [9.17, 15) is 23.1 Å². The number of halogens is 3. The minimum absolute atomic E-state index is 0.0626. The zero-order valence-corrected chi connectivity index (χ0v) is 11.7. The van der Waals surface area contributed by atoms with E-state index in [-0.39, 0.29) is 11.6 Å². The predicted molar refractivity (Wildman–Crippen MR) is 71.8 cm³/mol. The van der Waals surface area contributed by atoms with Crippen LogP contribution in [0.15, 0.2) is 24.3 Å². The molecule has 1 unspecified atom stereocenters. The standard InChI is InChI=1S/C15H18F3NO2/c1-14(13(20)21,19-10-6-2-3-7-10)11-8-4-5-9-12(11)15(16,17)18/h4-5,8-10,19H,2-3,6-7H2,1H3,(H,20,21). The number of carbonyl (C=O) groups is 1. The Kier molecular flexibility index (Phi) is 4.27. The third-order valence-electron chi connectivity index (χ3n) is 4.05. The Labute approximate surface area is 121 Å². The molecule has 2 rings (SSSR count). The molecule has 6 heteroatoms. The van der Waals surface area contributed by atoms with Gasteiger partial charge in [0.25, 0.3) is 0 Å². The fourth-order valence-electron chi connectivity index (χ4n) is 2.90. The highest BCUT2D eigenvalue weighted by atomic mass is 19.4. The van der Waals surface area contributed by atoms with E-state index < -0.39 is 23.2 Å². The third kappa shape index (κ3) is 3.20. The van der Waals surface area contributed by atoms with Gasteiger partial charge in [-0.05, 0) is 31.4 Å². The zero-order chi connectivity index (χ0) is 15.7. The second-order valence-corrected chi connectivity index (χ2v) is 5.60. The number of hydrogen-bond acceptors (Lipinski definition) is 2. The molecule has 1 atom stereocenters. The van der Waals surface area contributed by atoms with Crippen molar-refractivity contribution in [3.63, 3.8) is 0 Å². The fourth-order valence-corrected chi connectivity index (χ4v) is 2.90. The number of nitrogens with one attached hydrogen (secondary N) is 1. The molecular weight excluding hydrogens is 283 g/mol. The van der Waals surface area contributed by atoms with Crippen molar-refractivity contribution in [1.82, 2.24) is 5.32 Å². The molecule has 0 aromatic heterocycles. The molecule has 1 aromatic rings. The van der Waals surface area contributed by atoms with Crippen LogP contribution >= 0.6 is 0 Å². The summed E-state index contributed by atoms with van der Waals surface area (Å²) in [7, 11) is 0. The van der Waals surface area contributed by atoms with Gasteiger partial charge in [-0.2, -0.15) is 13.2 Å². The molecule has 116 valence electrons. The average Bonchev–Trinajstić information content (AvgIpc) is 2.90. The van der Waals surface area contributed by atoms with Crippen molar-refractivity contribution in [1.29, 1.82) is 0 Å². The molecule has 0 radical (unpaired) electrons. The van der Waals surface area contributed by atoms with E-state index >= 15 is 0 Å². The molecule has 0 aliphatic heterocycles. The van der Waals surface area contributed by atoms with Gasteiger partial charge in [-0.15, -0.1) is 0 Å². The van der Waals surface area contributed by atoms with Crippen LogP contribution < -0.4 is 5.32 Å². The third-order valence-corrected chi connectivity index (χ3v) is 4.05. The molecule has 1 fully saturated rings. The summed E-state index contributed by atoms with van der Waals surface area (Å²) >= 11 is 0. The highest BCUT2D eigenvalue weighted by Crippen LogP contribution is 2.37. The van der Waals surface area contributed by atoms with Crippen LogP contribution in [-0.2, 0) is 16.5 Å². The first kappa shape index (κ1) is 15.8. The summed E-state index contributed by atoms with van der Waals surface area (Å²) in [5.74, 6) is -1.30. The zero-order valence-electron chi connectivity index (χ0n) is 11.7. The summed E-state index contributed by atoms with van der Waals surface area (Å²) in [4.78, 5) is 11.7. The van der Waals surface area contributed by atoms with Gasteiger partial charge in [-0.25, -0.2) is 4.79 Å². The first-order valence-electron chi connectivity index (χ1n) is 6.93. The van der Waals surface area contributed by atoms with E-state index in [1.807, 2.05) is 0 Å². The lowest BCUT2D eigenvalue weighted by atomic mass is 9.87. The smallest absolute Gasteiger partial charge is 0.416 e. The van der Waals surface area contributed by atoms with E-state index in [0.717, 1.165) is 31.7 Å². The van der Waals surface area contributed by atoms with Crippen molar-refractivity contribution in [2.45, 2.75) is 50.4 Å². The summed E-state index contributed by atoms with van der Waals surface area (Å²) in [5, 5.41) is 12.4. The van der Waals surface area contributed by atoms with E-state index in [1.54, 1.807) is 0 Å². The lowest BCUT2D eigenvalue weighted by Gasteiger charge is -2.32. The molecule has 0 bridgehead atoms. The van der Waals surface area contributed by atoms with Crippen LogP contribution in [0.4, 0.5) is 13.2 Å². The summed E-state index contributed by atoms with van der Waals surface area (Å²) in [6.45, 7) is 1.30. The van der Waals surface area contributed by atoms with E-state index in [0.29, 0.717) is 0 Å². The second kappa shape index (κ2) is 5.67. The summed E-state index contributed by atoms with van der Waals surface area (Å²) in [6.07, 6.45) is -1.07. The van der Waals surface area contributed by atoms with E-state index in [4.69, 9.17) is 0 Å². The van der Waals surface area contributed by atoms with E-state index in [1.165, 1.54) is 25.1 Å². The maximum absolute atomic E-state index is 13.1. The Morgan fingerprint density at radius 1 is 1.19 bits per heavy atom. The molecule has 1 aliphatic rings. The monoisotopic (exact) mass is 301 g/mol. The minimum atomic E-state index is -4.58. The van der Waals surface area contributed by atoms with Crippen LogP contribution in [-0.4, -0.2) is 17.1 Å². The predicted octanol–water partition coefficient (Wildman–Crippen LogP) is 3.54. The van der Waals surface area contributed by atoms with Crippen molar-refractivity contribution < 1.29 is 23.1 Å². The summed E-state index contributed by atoms with van der Waals surface area (Å²) in [5.41, 5.74) is -2.89. The molecule has 1 saturated carbocycles. The molecule has 0 saturated heterocycles. The van der Waals surface area contributed by atoms with Gasteiger partial charge in [-0.3, -0.25) is 5.32 Å². The van der Waals surface area contributed by atoms with Gasteiger partial charge in [0.1, 0.15) is 5.54 Å². The molecule has 0 amide bonds. The summed E-state index contributed by atoms with van der Waals surface area (Å²) < 4.78 is 39.4. The Hall–Kier alpha value is -1.56. The highest BCUT2D eigenvalue weighted by molar-refractivity contribution is 5.81. The lowest BCUT2D eigenvalue weighted by molar-refractivity contribution is -0.147. The van der Waals surface area contributed by atoms with E-state index in [2.05, 4.69) is 5.32 Å². The Bertz CT molecular complexity index is 524. The number of aliphatic carboxylic acids is 1. The van der Waals surface area contributed by atoms with Gasteiger partial charge < -0.3 is 5.11 Å². The van der Waals surface area contributed by atoms with Gasteiger partial charge in [0.15, 0.2) is 0 Å². The van der Waals surface area contributed by atoms with Crippen molar-refractivity contribution in [3.05, 3.63) is 35.4 Å². The van der Waals surface area contributed by atoms with Crippen LogP contribution in [0.5, 0.6) is 0 Å². The van der Waals surface area contributed by atoms with Crippen molar-refractivity contribution in [3.8, 4) is 0 Å². The van der Waals surface area contributed by atoms with Gasteiger partial charge in [0.2, 0.25) is 0 Å². The molecule has 2 N–H and O–H groups in total. The summed E-state index contributed by atoms with van der Waals surface area (Å²) in [6, 6.07) is 4.80. The normalized spacial score (nSPS) is 19.4. The molecule has 1 aromatic carbocycles. The van der Waals surface area contributed by atoms with Crippen LogP contribution in [0, 0.1) is 0 Å². The minimum Gasteiger partial charge on any atom is -0.480 e. The molecule has 1 aliphatic carbocycles. The topological polar surface area (TPSA) is 49.3 Å². The Balaban J connectivity index is 2.45. The molecule has 0 spiro atoms. The van der Waals surface area contributed by atoms with Crippen LogP contribution in [0.3, 0.4) is 0 Å². The van der Waals surface area contributed by atoms with Crippen LogP contribution in [0.1, 0.15) is 43.7 Å². The average molecular weight is 301 g/mol. The van der Waals surface area contributed by atoms with Gasteiger partial charge in [0.05, 0.1) is 5.56 Å². The lowest BCUT2D eigenvalue weighted by Crippen LogP contribution is -2.51. The van der Waals surface area contributed by atoms with Gasteiger partial charge in [-0.1, -0.05) is 31.0 Å².